The first kappa shape index (κ1) is 10.0. The van der Waals surface area contributed by atoms with Gasteiger partial charge in [-0.3, -0.25) is 0 Å². The Morgan fingerprint density at radius 2 is 2.14 bits per heavy atom. The molecule has 0 amide bonds. The Bertz CT molecular complexity index is 322. The Morgan fingerprint density at radius 1 is 1.43 bits per heavy atom. The lowest BCUT2D eigenvalue weighted by Crippen LogP contribution is -2.11. The normalized spacial score (nSPS) is 18.2. The van der Waals surface area contributed by atoms with Gasteiger partial charge in [-0.1, -0.05) is 23.7 Å². The summed E-state index contributed by atoms with van der Waals surface area (Å²) >= 11 is 6.14. The average molecular weight is 211 g/mol. The van der Waals surface area contributed by atoms with Gasteiger partial charge in [-0.25, -0.2) is 0 Å². The molecule has 2 heteroatoms. The molecule has 0 radical (unpaired) electrons. The lowest BCUT2D eigenvalue weighted by atomic mass is 9.94. The van der Waals surface area contributed by atoms with Crippen LogP contribution >= 0.6 is 11.6 Å². The van der Waals surface area contributed by atoms with Gasteiger partial charge < -0.3 is 5.11 Å². The first-order chi connectivity index (χ1) is 6.67. The lowest BCUT2D eigenvalue weighted by Gasteiger charge is -2.14. The van der Waals surface area contributed by atoms with Crippen molar-refractivity contribution in [1.82, 2.24) is 0 Å². The summed E-state index contributed by atoms with van der Waals surface area (Å²) in [6.45, 7) is 2.37. The van der Waals surface area contributed by atoms with E-state index in [1.807, 2.05) is 12.1 Å². The van der Waals surface area contributed by atoms with Crippen molar-refractivity contribution in [3.8, 4) is 0 Å². The van der Waals surface area contributed by atoms with E-state index in [9.17, 15) is 5.11 Å². The molecule has 14 heavy (non-hydrogen) atoms. The molecule has 0 atom stereocenters. The van der Waals surface area contributed by atoms with E-state index in [1.54, 1.807) is 0 Å². The SMILES string of the molecule is Cc1cccc(Cl)c1CC1(CO)CC1. The molecule has 0 bridgehead atoms. The summed E-state index contributed by atoms with van der Waals surface area (Å²) in [6, 6.07) is 5.98. The summed E-state index contributed by atoms with van der Waals surface area (Å²) < 4.78 is 0. The fraction of sp³-hybridized carbons (Fsp3) is 0.500. The van der Waals surface area contributed by atoms with Crippen molar-refractivity contribution < 1.29 is 5.11 Å². The number of halogens is 1. The summed E-state index contributed by atoms with van der Waals surface area (Å²) in [5, 5.41) is 10.1. The predicted molar refractivity (Wildman–Crippen MR) is 58.6 cm³/mol. The van der Waals surface area contributed by atoms with E-state index in [1.165, 1.54) is 11.1 Å². The van der Waals surface area contributed by atoms with Crippen LogP contribution in [0.2, 0.25) is 5.02 Å². The molecule has 1 aromatic rings. The largest absolute Gasteiger partial charge is 0.396 e. The Balaban J connectivity index is 2.24. The first-order valence-electron chi connectivity index (χ1n) is 5.02. The van der Waals surface area contributed by atoms with Crippen LogP contribution in [0.4, 0.5) is 0 Å². The highest BCUT2D eigenvalue weighted by molar-refractivity contribution is 6.31. The van der Waals surface area contributed by atoms with Crippen molar-refractivity contribution in [3.05, 3.63) is 34.3 Å². The van der Waals surface area contributed by atoms with Crippen LogP contribution in [0.3, 0.4) is 0 Å². The molecule has 1 aromatic carbocycles. The second-order valence-electron chi connectivity index (χ2n) is 4.37. The summed E-state index contributed by atoms with van der Waals surface area (Å²) in [4.78, 5) is 0. The van der Waals surface area contributed by atoms with Crippen LogP contribution in [-0.4, -0.2) is 11.7 Å². The fourth-order valence-corrected chi connectivity index (χ4v) is 2.12. The lowest BCUT2D eigenvalue weighted by molar-refractivity contribution is 0.211. The van der Waals surface area contributed by atoms with Crippen molar-refractivity contribution in [1.29, 1.82) is 0 Å². The third-order valence-electron chi connectivity index (χ3n) is 3.20. The molecule has 1 fully saturated rings. The summed E-state index contributed by atoms with van der Waals surface area (Å²) in [6.07, 6.45) is 3.19. The Kier molecular flexibility index (Phi) is 2.54. The van der Waals surface area contributed by atoms with E-state index >= 15 is 0 Å². The molecule has 2 rings (SSSR count). The number of hydrogen-bond acceptors (Lipinski definition) is 1. The third-order valence-corrected chi connectivity index (χ3v) is 3.55. The van der Waals surface area contributed by atoms with Crippen LogP contribution in [0.25, 0.3) is 0 Å². The maximum absolute atomic E-state index is 9.26. The number of rotatable bonds is 3. The van der Waals surface area contributed by atoms with Crippen LogP contribution in [-0.2, 0) is 6.42 Å². The summed E-state index contributed by atoms with van der Waals surface area (Å²) in [5.74, 6) is 0. The highest BCUT2D eigenvalue weighted by Gasteiger charge is 2.42. The Morgan fingerprint density at radius 3 is 2.64 bits per heavy atom. The fourth-order valence-electron chi connectivity index (χ4n) is 1.83. The molecule has 1 aliphatic carbocycles. The van der Waals surface area contributed by atoms with Crippen molar-refractivity contribution >= 4 is 11.6 Å². The standard InChI is InChI=1S/C12H15ClO/c1-9-3-2-4-11(13)10(9)7-12(8-14)5-6-12/h2-4,14H,5-8H2,1H3. The minimum absolute atomic E-state index is 0.149. The molecule has 0 aromatic heterocycles. The van der Waals surface area contributed by atoms with Crippen molar-refractivity contribution in [3.63, 3.8) is 0 Å². The van der Waals surface area contributed by atoms with E-state index in [2.05, 4.69) is 13.0 Å². The van der Waals surface area contributed by atoms with Gasteiger partial charge in [-0.2, -0.15) is 0 Å². The minimum Gasteiger partial charge on any atom is -0.396 e. The molecule has 0 unspecified atom stereocenters. The Labute approximate surface area is 89.7 Å². The van der Waals surface area contributed by atoms with Gasteiger partial charge in [0.05, 0.1) is 0 Å². The molecule has 0 heterocycles. The topological polar surface area (TPSA) is 20.2 Å². The van der Waals surface area contributed by atoms with Gasteiger partial charge in [0.2, 0.25) is 0 Å². The number of benzene rings is 1. The molecule has 0 spiro atoms. The summed E-state index contributed by atoms with van der Waals surface area (Å²) in [7, 11) is 0. The van der Waals surface area contributed by atoms with Gasteiger partial charge in [0, 0.05) is 11.6 Å². The monoisotopic (exact) mass is 210 g/mol. The van der Waals surface area contributed by atoms with E-state index < -0.39 is 0 Å². The smallest absolute Gasteiger partial charge is 0.0490 e. The number of aliphatic hydroxyl groups excluding tert-OH is 1. The van der Waals surface area contributed by atoms with Gasteiger partial charge in [0.1, 0.15) is 0 Å². The number of aliphatic hydroxyl groups is 1. The molecule has 0 saturated heterocycles. The van der Waals surface area contributed by atoms with Crippen LogP contribution in [0.15, 0.2) is 18.2 Å². The van der Waals surface area contributed by atoms with E-state index in [0.29, 0.717) is 0 Å². The van der Waals surface area contributed by atoms with Crippen molar-refractivity contribution in [2.24, 2.45) is 5.41 Å². The number of aryl methyl sites for hydroxylation is 1. The zero-order valence-corrected chi connectivity index (χ0v) is 9.14. The molecule has 1 nitrogen and oxygen atoms in total. The Hall–Kier alpha value is -0.530. The van der Waals surface area contributed by atoms with E-state index in [4.69, 9.17) is 11.6 Å². The van der Waals surface area contributed by atoms with Gasteiger partial charge in [-0.05, 0) is 48.8 Å². The van der Waals surface area contributed by atoms with Gasteiger partial charge in [0.15, 0.2) is 0 Å². The maximum atomic E-state index is 9.26. The van der Waals surface area contributed by atoms with Crippen LogP contribution < -0.4 is 0 Å². The molecule has 76 valence electrons. The molecule has 1 saturated carbocycles. The second kappa shape index (κ2) is 3.56. The molecule has 1 N–H and O–H groups in total. The minimum atomic E-state index is 0.149. The van der Waals surface area contributed by atoms with Gasteiger partial charge >= 0.3 is 0 Å². The van der Waals surface area contributed by atoms with Crippen LogP contribution in [0.1, 0.15) is 24.0 Å². The van der Waals surface area contributed by atoms with E-state index in [-0.39, 0.29) is 12.0 Å². The zero-order chi connectivity index (χ0) is 10.2. The molecule has 0 aliphatic heterocycles. The highest BCUT2D eigenvalue weighted by atomic mass is 35.5. The van der Waals surface area contributed by atoms with Crippen LogP contribution in [0, 0.1) is 12.3 Å². The van der Waals surface area contributed by atoms with Crippen LogP contribution in [0.5, 0.6) is 0 Å². The molecular formula is C12H15ClO. The van der Waals surface area contributed by atoms with Crippen molar-refractivity contribution in [2.45, 2.75) is 26.2 Å². The first-order valence-corrected chi connectivity index (χ1v) is 5.39. The second-order valence-corrected chi connectivity index (χ2v) is 4.78. The zero-order valence-electron chi connectivity index (χ0n) is 8.39. The van der Waals surface area contributed by atoms with Crippen molar-refractivity contribution in [2.75, 3.05) is 6.61 Å². The highest BCUT2D eigenvalue weighted by Crippen LogP contribution is 2.48. The quantitative estimate of drug-likeness (QED) is 0.814. The number of hydrogen-bond donors (Lipinski definition) is 1. The van der Waals surface area contributed by atoms with Gasteiger partial charge in [-0.15, -0.1) is 0 Å². The molecule has 1 aliphatic rings. The third kappa shape index (κ3) is 1.79. The average Bonchev–Trinajstić information content (AvgIpc) is 2.93. The van der Waals surface area contributed by atoms with E-state index in [0.717, 1.165) is 24.3 Å². The van der Waals surface area contributed by atoms with Gasteiger partial charge in [0.25, 0.3) is 0 Å². The molecular weight excluding hydrogens is 196 g/mol. The summed E-state index contributed by atoms with van der Waals surface area (Å²) in [5.41, 5.74) is 2.59. The maximum Gasteiger partial charge on any atom is 0.0490 e. The predicted octanol–water partition coefficient (Wildman–Crippen LogP) is 2.96.